The molecule has 1 aromatic rings. The molecule has 88 valence electrons. The van der Waals surface area contributed by atoms with Crippen LogP contribution >= 0.6 is 23.6 Å². The van der Waals surface area contributed by atoms with Crippen molar-refractivity contribution in [3.05, 3.63) is 35.9 Å². The van der Waals surface area contributed by atoms with Gasteiger partial charge >= 0.3 is 5.97 Å². The van der Waals surface area contributed by atoms with Crippen molar-refractivity contribution in [1.82, 2.24) is 3.94 Å². The van der Waals surface area contributed by atoms with Gasteiger partial charge in [-0.3, -0.25) is 0 Å². The zero-order chi connectivity index (χ0) is 12.2. The molecule has 0 aromatic heterocycles. The Morgan fingerprint density at radius 1 is 1.31 bits per heavy atom. The molecule has 0 amide bonds. The van der Waals surface area contributed by atoms with Gasteiger partial charge in [0.2, 0.25) is 0 Å². The molecule has 0 saturated carbocycles. The largest absolute Gasteiger partial charge is 0.459 e. The van der Waals surface area contributed by atoms with Gasteiger partial charge < -0.3 is 4.74 Å². The van der Waals surface area contributed by atoms with Crippen molar-refractivity contribution in [3.63, 3.8) is 0 Å². The average Bonchev–Trinajstić information content (AvgIpc) is 2.27. The molecule has 1 rings (SSSR count). The van der Waals surface area contributed by atoms with Crippen molar-refractivity contribution < 1.29 is 9.53 Å². The highest BCUT2D eigenvalue weighted by atomic mass is 35.5. The first-order chi connectivity index (χ1) is 7.44. The molecule has 0 saturated heterocycles. The van der Waals surface area contributed by atoms with Crippen LogP contribution in [-0.2, 0) is 16.1 Å². The highest BCUT2D eigenvalue weighted by Crippen LogP contribution is 2.21. The summed E-state index contributed by atoms with van der Waals surface area (Å²) in [5.41, 5.74) is -0.139. The minimum Gasteiger partial charge on any atom is -0.459 e. The summed E-state index contributed by atoms with van der Waals surface area (Å²) in [5.74, 6) is -0.471. The van der Waals surface area contributed by atoms with E-state index in [1.807, 2.05) is 30.3 Å². The summed E-state index contributed by atoms with van der Waals surface area (Å²) in [6.07, 6.45) is 0. The Labute approximate surface area is 105 Å². The van der Waals surface area contributed by atoms with Crippen molar-refractivity contribution in [2.45, 2.75) is 26.0 Å². The Kier molecular flexibility index (Phi) is 4.59. The third-order valence-electron chi connectivity index (χ3n) is 2.13. The third-order valence-corrected chi connectivity index (χ3v) is 2.98. The van der Waals surface area contributed by atoms with Crippen LogP contribution in [0.15, 0.2) is 30.3 Å². The van der Waals surface area contributed by atoms with E-state index in [0.29, 0.717) is 0 Å². The molecule has 0 fully saturated rings. The zero-order valence-electron chi connectivity index (χ0n) is 9.11. The highest BCUT2D eigenvalue weighted by Gasteiger charge is 2.35. The van der Waals surface area contributed by atoms with E-state index in [2.05, 4.69) is 0 Å². The van der Waals surface area contributed by atoms with Crippen LogP contribution < -0.4 is 0 Å². The minimum absolute atomic E-state index is 0.213. The normalized spacial score (nSPS) is 11.6. The summed E-state index contributed by atoms with van der Waals surface area (Å²) in [4.78, 5) is 11.6. The maximum Gasteiger partial charge on any atom is 0.329 e. The Balaban J connectivity index is 2.54. The van der Waals surface area contributed by atoms with Crippen LogP contribution in [0.25, 0.3) is 0 Å². The number of esters is 1. The summed E-state index contributed by atoms with van der Waals surface area (Å²) >= 11 is 11.1. The second kappa shape index (κ2) is 5.53. The van der Waals surface area contributed by atoms with Crippen LogP contribution in [-0.4, -0.2) is 15.4 Å². The molecule has 1 aromatic carbocycles. The first-order valence-corrected chi connectivity index (χ1v) is 5.45. The lowest BCUT2D eigenvalue weighted by Crippen LogP contribution is -2.41. The van der Waals surface area contributed by atoms with E-state index in [0.717, 1.165) is 9.50 Å². The number of rotatable bonds is 4. The smallest absolute Gasteiger partial charge is 0.329 e. The van der Waals surface area contributed by atoms with E-state index < -0.39 is 11.5 Å². The topological polar surface area (TPSA) is 29.5 Å². The van der Waals surface area contributed by atoms with Crippen LogP contribution in [0.3, 0.4) is 0 Å². The van der Waals surface area contributed by atoms with Crippen molar-refractivity contribution >= 4 is 29.5 Å². The van der Waals surface area contributed by atoms with E-state index in [4.69, 9.17) is 28.3 Å². The van der Waals surface area contributed by atoms with Gasteiger partial charge in [-0.15, -0.1) is 3.94 Å². The Morgan fingerprint density at radius 3 is 2.38 bits per heavy atom. The molecular formula is C11H13Cl2NO2. The zero-order valence-corrected chi connectivity index (χ0v) is 10.6. The lowest BCUT2D eigenvalue weighted by atomic mass is 10.1. The number of benzene rings is 1. The van der Waals surface area contributed by atoms with E-state index in [9.17, 15) is 4.79 Å². The number of hydrogen-bond acceptors (Lipinski definition) is 3. The number of nitrogens with zero attached hydrogens (tertiary/aromatic N) is 1. The predicted molar refractivity (Wildman–Crippen MR) is 63.9 cm³/mol. The van der Waals surface area contributed by atoms with Gasteiger partial charge in [0.1, 0.15) is 12.1 Å². The Hall–Kier alpha value is -0.770. The van der Waals surface area contributed by atoms with Crippen LogP contribution in [0.1, 0.15) is 19.4 Å². The lowest BCUT2D eigenvalue weighted by molar-refractivity contribution is -0.153. The first-order valence-electron chi connectivity index (χ1n) is 4.77. The van der Waals surface area contributed by atoms with E-state index in [1.165, 1.54) is 0 Å². The Morgan fingerprint density at radius 2 is 1.88 bits per heavy atom. The maximum atomic E-state index is 11.6. The van der Waals surface area contributed by atoms with Gasteiger partial charge in [0.15, 0.2) is 0 Å². The molecule has 0 unspecified atom stereocenters. The van der Waals surface area contributed by atoms with E-state index >= 15 is 0 Å². The average molecular weight is 262 g/mol. The van der Waals surface area contributed by atoms with Crippen molar-refractivity contribution in [2.24, 2.45) is 0 Å². The van der Waals surface area contributed by atoms with Gasteiger partial charge in [0, 0.05) is 0 Å². The summed E-state index contributed by atoms with van der Waals surface area (Å²) in [6, 6.07) is 9.40. The molecule has 0 aliphatic heterocycles. The van der Waals surface area contributed by atoms with Crippen molar-refractivity contribution in [3.8, 4) is 0 Å². The number of ether oxygens (including phenoxy) is 1. The monoisotopic (exact) mass is 261 g/mol. The molecule has 5 heteroatoms. The summed E-state index contributed by atoms with van der Waals surface area (Å²) < 4.78 is 5.90. The number of carbonyl (C=O) groups is 1. The second-order valence-corrected chi connectivity index (χ2v) is 4.70. The number of hydrogen-bond donors (Lipinski definition) is 0. The highest BCUT2D eigenvalue weighted by molar-refractivity contribution is 6.35. The molecule has 0 atom stereocenters. The van der Waals surface area contributed by atoms with Gasteiger partial charge in [-0.2, -0.15) is 0 Å². The van der Waals surface area contributed by atoms with E-state index in [1.54, 1.807) is 13.8 Å². The molecule has 0 heterocycles. The predicted octanol–water partition coefficient (Wildman–Crippen LogP) is 3.12. The van der Waals surface area contributed by atoms with Gasteiger partial charge in [0.05, 0.1) is 0 Å². The summed E-state index contributed by atoms with van der Waals surface area (Å²) in [7, 11) is 0. The van der Waals surface area contributed by atoms with Crippen LogP contribution in [0.5, 0.6) is 0 Å². The Bertz CT molecular complexity index is 352. The molecule has 0 radical (unpaired) electrons. The third kappa shape index (κ3) is 3.37. The molecule has 0 spiro atoms. The van der Waals surface area contributed by atoms with Gasteiger partial charge in [-0.1, -0.05) is 30.3 Å². The number of carbonyl (C=O) groups excluding carboxylic acids is 1. The van der Waals surface area contributed by atoms with Crippen LogP contribution in [0.2, 0.25) is 0 Å². The molecule has 0 aliphatic carbocycles. The maximum absolute atomic E-state index is 11.6. The fourth-order valence-electron chi connectivity index (χ4n) is 0.969. The first kappa shape index (κ1) is 13.3. The minimum atomic E-state index is -1.06. The summed E-state index contributed by atoms with van der Waals surface area (Å²) in [6.45, 7) is 3.38. The summed E-state index contributed by atoms with van der Waals surface area (Å²) in [5, 5.41) is 0. The molecule has 0 aliphatic rings. The van der Waals surface area contributed by atoms with Gasteiger partial charge in [0.25, 0.3) is 0 Å². The van der Waals surface area contributed by atoms with Crippen LogP contribution in [0, 0.1) is 0 Å². The molecule has 3 nitrogen and oxygen atoms in total. The standard InChI is InChI=1S/C11H13Cl2NO2/c1-11(2,14(12)13)10(15)16-8-9-6-4-3-5-7-9/h3-7H,8H2,1-2H3. The SMILES string of the molecule is CC(C)(C(=O)OCc1ccccc1)N(Cl)Cl. The second-order valence-electron chi connectivity index (χ2n) is 3.85. The van der Waals surface area contributed by atoms with Crippen LogP contribution in [0.4, 0.5) is 0 Å². The fourth-order valence-corrected chi connectivity index (χ4v) is 1.11. The quantitative estimate of drug-likeness (QED) is 0.616. The fraction of sp³-hybridized carbons (Fsp3) is 0.364. The molecular weight excluding hydrogens is 249 g/mol. The van der Waals surface area contributed by atoms with Crippen molar-refractivity contribution in [1.29, 1.82) is 0 Å². The van der Waals surface area contributed by atoms with Gasteiger partial charge in [-0.05, 0) is 43.0 Å². The van der Waals surface area contributed by atoms with Gasteiger partial charge in [-0.25, -0.2) is 4.79 Å². The molecule has 0 N–H and O–H groups in total. The molecule has 0 bridgehead atoms. The van der Waals surface area contributed by atoms with E-state index in [-0.39, 0.29) is 6.61 Å². The van der Waals surface area contributed by atoms with Crippen molar-refractivity contribution in [2.75, 3.05) is 0 Å². The number of halogens is 2. The lowest BCUT2D eigenvalue weighted by Gasteiger charge is -2.24. The molecule has 16 heavy (non-hydrogen) atoms.